The number of rotatable bonds is 1. The lowest BCUT2D eigenvalue weighted by atomic mass is 10.0. The maximum Gasteiger partial charge on any atom is 0.0514 e. The number of pyridine rings is 1. The molecule has 0 saturated heterocycles. The summed E-state index contributed by atoms with van der Waals surface area (Å²) in [4.78, 5) is 4.13. The van der Waals surface area contributed by atoms with E-state index in [-0.39, 0.29) is 0 Å². The van der Waals surface area contributed by atoms with Gasteiger partial charge in [-0.05, 0) is 59.5 Å². The van der Waals surface area contributed by atoms with E-state index in [0.29, 0.717) is 0 Å². The third kappa shape index (κ3) is 8.96. The number of hydrogen-bond donors (Lipinski definition) is 0. The van der Waals surface area contributed by atoms with Crippen LogP contribution >= 0.6 is 15.9 Å². The molecule has 2 heteroatoms. The highest BCUT2D eigenvalue weighted by atomic mass is 79.9. The minimum absolute atomic E-state index is 1.04. The van der Waals surface area contributed by atoms with Crippen molar-refractivity contribution < 1.29 is 0 Å². The molecule has 0 spiro atoms. The van der Waals surface area contributed by atoms with Gasteiger partial charge in [-0.25, -0.2) is 0 Å². The number of benzene rings is 2. The Balaban J connectivity index is 0.000000422. The van der Waals surface area contributed by atoms with E-state index in [2.05, 4.69) is 82.4 Å². The summed E-state index contributed by atoms with van der Waals surface area (Å²) in [6, 6.07) is 21.1. The summed E-state index contributed by atoms with van der Waals surface area (Å²) >= 11 is 3.38. The van der Waals surface area contributed by atoms with Crippen molar-refractivity contribution in [1.29, 1.82) is 0 Å². The first-order valence-electron chi connectivity index (χ1n) is 9.27. The van der Waals surface area contributed by atoms with Crippen LogP contribution in [0.5, 0.6) is 0 Å². The van der Waals surface area contributed by atoms with E-state index >= 15 is 0 Å². The van der Waals surface area contributed by atoms with Gasteiger partial charge in [0.1, 0.15) is 0 Å². The number of nitrogens with zero attached hydrogens (tertiary/aromatic N) is 1. The molecule has 3 rings (SSSR count). The van der Waals surface area contributed by atoms with Crippen LogP contribution in [0, 0.1) is 20.8 Å². The van der Waals surface area contributed by atoms with Crippen molar-refractivity contribution in [1.82, 2.24) is 4.98 Å². The second-order valence-corrected chi connectivity index (χ2v) is 6.17. The average Bonchev–Trinajstić information content (AvgIpc) is 2.70. The van der Waals surface area contributed by atoms with Gasteiger partial charge in [-0.15, -0.1) is 0 Å². The Morgan fingerprint density at radius 3 is 1.62 bits per heavy atom. The number of halogens is 1. The van der Waals surface area contributed by atoms with Crippen molar-refractivity contribution in [3.8, 4) is 11.1 Å². The molecular formula is C24H32BrN. The Hall–Kier alpha value is -1.93. The molecule has 0 aliphatic rings. The summed E-state index contributed by atoms with van der Waals surface area (Å²) in [5.74, 6) is 0. The topological polar surface area (TPSA) is 12.9 Å². The SMILES string of the molecule is CC.CC.Cc1ccc(-c2ccccc2)cc1.Cc1cnc(C)c(Br)c1. The van der Waals surface area contributed by atoms with Crippen molar-refractivity contribution in [2.24, 2.45) is 0 Å². The van der Waals surface area contributed by atoms with E-state index in [1.165, 1.54) is 22.3 Å². The molecule has 0 atom stereocenters. The Kier molecular flexibility index (Phi) is 13.2. The molecule has 0 aliphatic heterocycles. The van der Waals surface area contributed by atoms with Crippen molar-refractivity contribution >= 4 is 15.9 Å². The molecule has 0 bridgehead atoms. The quantitative estimate of drug-likeness (QED) is 0.391. The number of aromatic nitrogens is 1. The van der Waals surface area contributed by atoms with Gasteiger partial charge >= 0.3 is 0 Å². The smallest absolute Gasteiger partial charge is 0.0514 e. The van der Waals surface area contributed by atoms with Crippen LogP contribution in [-0.4, -0.2) is 4.98 Å². The molecule has 1 heterocycles. The zero-order valence-electron chi connectivity index (χ0n) is 17.2. The predicted molar refractivity (Wildman–Crippen MR) is 121 cm³/mol. The maximum atomic E-state index is 4.13. The minimum atomic E-state index is 1.04. The second-order valence-electron chi connectivity index (χ2n) is 5.31. The molecule has 0 N–H and O–H groups in total. The Labute approximate surface area is 168 Å². The highest BCUT2D eigenvalue weighted by Gasteiger charge is 1.94. The van der Waals surface area contributed by atoms with E-state index < -0.39 is 0 Å². The van der Waals surface area contributed by atoms with E-state index in [4.69, 9.17) is 0 Å². The number of aryl methyl sites for hydroxylation is 3. The lowest BCUT2D eigenvalue weighted by Gasteiger charge is -2.00. The maximum absolute atomic E-state index is 4.13. The van der Waals surface area contributed by atoms with Crippen LogP contribution in [0.15, 0.2) is 71.3 Å². The molecule has 26 heavy (non-hydrogen) atoms. The molecule has 1 aromatic heterocycles. The predicted octanol–water partition coefficient (Wildman–Crippen LogP) is 8.18. The van der Waals surface area contributed by atoms with Crippen LogP contribution in [0.3, 0.4) is 0 Å². The fraction of sp³-hybridized carbons (Fsp3) is 0.292. The van der Waals surface area contributed by atoms with E-state index in [9.17, 15) is 0 Å². The van der Waals surface area contributed by atoms with E-state index in [1.807, 2.05) is 53.8 Å². The zero-order valence-corrected chi connectivity index (χ0v) is 18.8. The van der Waals surface area contributed by atoms with Gasteiger partial charge in [0.25, 0.3) is 0 Å². The first kappa shape index (κ1) is 24.1. The Morgan fingerprint density at radius 1 is 0.654 bits per heavy atom. The fourth-order valence-corrected chi connectivity index (χ4v) is 2.44. The van der Waals surface area contributed by atoms with Crippen molar-refractivity contribution in [3.63, 3.8) is 0 Å². The minimum Gasteiger partial charge on any atom is -0.260 e. The standard InChI is InChI=1S/C13H12.C7H8BrN.2C2H6/c1-11-7-9-13(10-8-11)12-5-3-2-4-6-12;1-5-3-7(8)6(2)9-4-5;2*1-2/h2-10H,1H3;3-4H,1-2H3;2*1-2H3. The van der Waals surface area contributed by atoms with Gasteiger partial charge in [-0.1, -0.05) is 87.9 Å². The largest absolute Gasteiger partial charge is 0.260 e. The van der Waals surface area contributed by atoms with Gasteiger partial charge in [0.2, 0.25) is 0 Å². The lowest BCUT2D eigenvalue weighted by Crippen LogP contribution is -1.82. The zero-order chi connectivity index (χ0) is 19.9. The monoisotopic (exact) mass is 413 g/mol. The molecular weight excluding hydrogens is 382 g/mol. The normalized spacial score (nSPS) is 8.77. The average molecular weight is 414 g/mol. The number of hydrogen-bond acceptors (Lipinski definition) is 1. The summed E-state index contributed by atoms with van der Waals surface area (Å²) in [6.07, 6.45) is 1.86. The van der Waals surface area contributed by atoms with Gasteiger partial charge in [0.05, 0.1) is 5.69 Å². The lowest BCUT2D eigenvalue weighted by molar-refractivity contribution is 1.15. The highest BCUT2D eigenvalue weighted by Crippen LogP contribution is 2.18. The summed E-state index contributed by atoms with van der Waals surface area (Å²) in [7, 11) is 0. The van der Waals surface area contributed by atoms with E-state index in [0.717, 1.165) is 10.2 Å². The summed E-state index contributed by atoms with van der Waals surface area (Å²) in [5.41, 5.74) is 6.10. The van der Waals surface area contributed by atoms with Crippen LogP contribution in [-0.2, 0) is 0 Å². The molecule has 3 aromatic rings. The van der Waals surface area contributed by atoms with Crippen LogP contribution in [0.1, 0.15) is 44.5 Å². The Bertz CT molecular complexity index is 719. The molecule has 0 saturated carbocycles. The summed E-state index contributed by atoms with van der Waals surface area (Å²) < 4.78 is 1.09. The fourth-order valence-electron chi connectivity index (χ4n) is 1.98. The van der Waals surface area contributed by atoms with E-state index in [1.54, 1.807) is 0 Å². The third-order valence-electron chi connectivity index (χ3n) is 3.32. The van der Waals surface area contributed by atoms with Crippen LogP contribution < -0.4 is 0 Å². The van der Waals surface area contributed by atoms with Crippen LogP contribution in [0.2, 0.25) is 0 Å². The van der Waals surface area contributed by atoms with Crippen LogP contribution in [0.4, 0.5) is 0 Å². The Morgan fingerprint density at radius 2 is 1.15 bits per heavy atom. The summed E-state index contributed by atoms with van der Waals surface area (Å²) in [5, 5.41) is 0. The highest BCUT2D eigenvalue weighted by molar-refractivity contribution is 9.10. The summed E-state index contributed by atoms with van der Waals surface area (Å²) in [6.45, 7) is 14.1. The first-order chi connectivity index (χ1) is 12.6. The molecule has 0 radical (unpaired) electrons. The molecule has 1 nitrogen and oxygen atoms in total. The van der Waals surface area contributed by atoms with Gasteiger partial charge < -0.3 is 0 Å². The molecule has 2 aromatic carbocycles. The van der Waals surface area contributed by atoms with Crippen LogP contribution in [0.25, 0.3) is 11.1 Å². The van der Waals surface area contributed by atoms with Crippen molar-refractivity contribution in [2.45, 2.75) is 48.5 Å². The molecule has 0 unspecified atom stereocenters. The van der Waals surface area contributed by atoms with Gasteiger partial charge in [-0.3, -0.25) is 4.98 Å². The van der Waals surface area contributed by atoms with Crippen molar-refractivity contribution in [2.75, 3.05) is 0 Å². The molecule has 140 valence electrons. The molecule has 0 fully saturated rings. The van der Waals surface area contributed by atoms with Gasteiger partial charge in [-0.2, -0.15) is 0 Å². The third-order valence-corrected chi connectivity index (χ3v) is 4.12. The molecule has 0 aliphatic carbocycles. The second kappa shape index (κ2) is 14.3. The molecule has 0 amide bonds. The first-order valence-corrected chi connectivity index (χ1v) is 10.1. The van der Waals surface area contributed by atoms with Gasteiger partial charge in [0.15, 0.2) is 0 Å². The van der Waals surface area contributed by atoms with Crippen molar-refractivity contribution in [3.05, 3.63) is 88.2 Å². The van der Waals surface area contributed by atoms with Gasteiger partial charge in [0, 0.05) is 10.7 Å².